The highest BCUT2D eigenvalue weighted by atomic mass is 14.9. The molecule has 0 amide bonds. The molecule has 1 nitrogen and oxygen atoms in total. The van der Waals surface area contributed by atoms with Crippen LogP contribution in [0, 0.1) is 13.8 Å². The second-order valence-corrected chi connectivity index (χ2v) is 3.84. The monoisotopic (exact) mass is 189 g/mol. The van der Waals surface area contributed by atoms with Crippen molar-refractivity contribution in [2.24, 2.45) is 0 Å². The number of hydrogen-bond donors (Lipinski definition) is 1. The lowest BCUT2D eigenvalue weighted by atomic mass is 10.1. The molecule has 1 aromatic carbocycles. The molecule has 0 radical (unpaired) electrons. The zero-order valence-electron chi connectivity index (χ0n) is 9.30. The van der Waals surface area contributed by atoms with Crippen LogP contribution in [0.3, 0.4) is 0 Å². The van der Waals surface area contributed by atoms with Crippen molar-refractivity contribution in [2.75, 3.05) is 0 Å². The van der Waals surface area contributed by atoms with Gasteiger partial charge < -0.3 is 5.32 Å². The average molecular weight is 189 g/mol. The predicted molar refractivity (Wildman–Crippen MR) is 62.4 cm³/mol. The minimum Gasteiger partial charge on any atom is -0.307 e. The smallest absolute Gasteiger partial charge is 0.0222 e. The first kappa shape index (κ1) is 11.0. The molecule has 76 valence electrons. The number of benzene rings is 1. The highest BCUT2D eigenvalue weighted by Crippen LogP contribution is 2.10. The summed E-state index contributed by atoms with van der Waals surface area (Å²) in [6.45, 7) is 11.0. The van der Waals surface area contributed by atoms with Crippen molar-refractivity contribution in [1.29, 1.82) is 0 Å². The van der Waals surface area contributed by atoms with E-state index in [0.717, 1.165) is 6.54 Å². The second-order valence-electron chi connectivity index (χ2n) is 3.84. The van der Waals surface area contributed by atoms with E-state index in [1.54, 1.807) is 0 Å². The van der Waals surface area contributed by atoms with Gasteiger partial charge in [0, 0.05) is 12.6 Å². The van der Waals surface area contributed by atoms with Gasteiger partial charge >= 0.3 is 0 Å². The molecule has 1 heteroatoms. The van der Waals surface area contributed by atoms with Crippen molar-refractivity contribution in [3.8, 4) is 0 Å². The average Bonchev–Trinajstić information content (AvgIpc) is 2.19. The summed E-state index contributed by atoms with van der Waals surface area (Å²) in [5.41, 5.74) is 4.04. The summed E-state index contributed by atoms with van der Waals surface area (Å²) in [5.74, 6) is 0. The fourth-order valence-corrected chi connectivity index (χ4v) is 1.34. The lowest BCUT2D eigenvalue weighted by Gasteiger charge is -2.11. The highest BCUT2D eigenvalue weighted by molar-refractivity contribution is 5.30. The lowest BCUT2D eigenvalue weighted by molar-refractivity contribution is 0.632. The Hall–Kier alpha value is -1.08. The van der Waals surface area contributed by atoms with Gasteiger partial charge in [-0.15, -0.1) is 6.58 Å². The summed E-state index contributed by atoms with van der Waals surface area (Å²) in [7, 11) is 0. The predicted octanol–water partition coefficient (Wildman–Crippen LogP) is 2.97. The topological polar surface area (TPSA) is 12.0 Å². The Morgan fingerprint density at radius 3 is 2.79 bits per heavy atom. The minimum absolute atomic E-state index is 0.370. The van der Waals surface area contributed by atoms with Gasteiger partial charge in [-0.1, -0.05) is 29.8 Å². The fourth-order valence-electron chi connectivity index (χ4n) is 1.34. The van der Waals surface area contributed by atoms with E-state index in [0.29, 0.717) is 6.04 Å². The molecular weight excluding hydrogens is 170 g/mol. The molecule has 0 heterocycles. The maximum absolute atomic E-state index is 3.75. The standard InChI is InChI=1S/C13H19N/c1-5-12(4)14-9-13-8-10(2)6-7-11(13)3/h5-8,12,14H,1,9H2,2-4H3. The van der Waals surface area contributed by atoms with Crippen LogP contribution in [0.4, 0.5) is 0 Å². The van der Waals surface area contributed by atoms with E-state index in [2.05, 4.69) is 50.9 Å². The first-order chi connectivity index (χ1) is 6.63. The van der Waals surface area contributed by atoms with Crippen LogP contribution < -0.4 is 5.32 Å². The summed E-state index contributed by atoms with van der Waals surface area (Å²) in [6.07, 6.45) is 1.92. The van der Waals surface area contributed by atoms with Crippen LogP contribution in [0.2, 0.25) is 0 Å². The van der Waals surface area contributed by atoms with Crippen LogP contribution in [0.15, 0.2) is 30.9 Å². The van der Waals surface area contributed by atoms with Gasteiger partial charge in [0.25, 0.3) is 0 Å². The quantitative estimate of drug-likeness (QED) is 0.718. The summed E-state index contributed by atoms with van der Waals surface area (Å²) in [6, 6.07) is 6.92. The van der Waals surface area contributed by atoms with Crippen molar-refractivity contribution in [1.82, 2.24) is 5.32 Å². The van der Waals surface area contributed by atoms with Crippen LogP contribution in [0.1, 0.15) is 23.6 Å². The van der Waals surface area contributed by atoms with E-state index in [1.807, 2.05) is 6.08 Å². The lowest BCUT2D eigenvalue weighted by Crippen LogP contribution is -2.23. The molecule has 1 atom stereocenters. The first-order valence-electron chi connectivity index (χ1n) is 5.05. The fraction of sp³-hybridized carbons (Fsp3) is 0.385. The molecule has 1 aromatic rings. The van der Waals surface area contributed by atoms with Gasteiger partial charge in [-0.05, 0) is 31.9 Å². The van der Waals surface area contributed by atoms with E-state index < -0.39 is 0 Å². The third-order valence-corrected chi connectivity index (χ3v) is 2.47. The van der Waals surface area contributed by atoms with Gasteiger partial charge in [0.1, 0.15) is 0 Å². The molecular formula is C13H19N. The van der Waals surface area contributed by atoms with Gasteiger partial charge in [-0.25, -0.2) is 0 Å². The normalized spacial score (nSPS) is 12.5. The maximum atomic E-state index is 3.75. The third-order valence-electron chi connectivity index (χ3n) is 2.47. The summed E-state index contributed by atoms with van der Waals surface area (Å²) >= 11 is 0. The SMILES string of the molecule is C=CC(C)NCc1cc(C)ccc1C. The van der Waals surface area contributed by atoms with Crippen molar-refractivity contribution >= 4 is 0 Å². The van der Waals surface area contributed by atoms with Crippen LogP contribution in [-0.4, -0.2) is 6.04 Å². The van der Waals surface area contributed by atoms with Gasteiger partial charge in [-0.2, -0.15) is 0 Å². The Bertz CT molecular complexity index is 315. The first-order valence-corrected chi connectivity index (χ1v) is 5.05. The molecule has 0 aliphatic heterocycles. The third kappa shape index (κ3) is 3.00. The molecule has 0 aliphatic carbocycles. The number of hydrogen-bond acceptors (Lipinski definition) is 1. The van der Waals surface area contributed by atoms with E-state index >= 15 is 0 Å². The van der Waals surface area contributed by atoms with E-state index in [9.17, 15) is 0 Å². The molecule has 0 saturated carbocycles. The Balaban J connectivity index is 2.66. The molecule has 1 rings (SSSR count). The number of rotatable bonds is 4. The molecule has 1 N–H and O–H groups in total. The Labute approximate surface area is 86.8 Å². The Kier molecular flexibility index (Phi) is 3.90. The maximum Gasteiger partial charge on any atom is 0.0222 e. The van der Waals surface area contributed by atoms with E-state index in [1.165, 1.54) is 16.7 Å². The molecule has 0 saturated heterocycles. The van der Waals surface area contributed by atoms with Gasteiger partial charge in [0.05, 0.1) is 0 Å². The zero-order valence-corrected chi connectivity index (χ0v) is 9.30. The molecule has 1 unspecified atom stereocenters. The van der Waals surface area contributed by atoms with Gasteiger partial charge in [0.2, 0.25) is 0 Å². The minimum atomic E-state index is 0.370. The molecule has 0 aliphatic rings. The molecule has 0 spiro atoms. The molecule has 14 heavy (non-hydrogen) atoms. The van der Waals surface area contributed by atoms with E-state index in [-0.39, 0.29) is 0 Å². The largest absolute Gasteiger partial charge is 0.307 e. The van der Waals surface area contributed by atoms with E-state index in [4.69, 9.17) is 0 Å². The van der Waals surface area contributed by atoms with Crippen molar-refractivity contribution in [3.63, 3.8) is 0 Å². The van der Waals surface area contributed by atoms with Gasteiger partial charge in [-0.3, -0.25) is 0 Å². The number of aryl methyl sites for hydroxylation is 2. The van der Waals surface area contributed by atoms with Gasteiger partial charge in [0.15, 0.2) is 0 Å². The summed E-state index contributed by atoms with van der Waals surface area (Å²) in [4.78, 5) is 0. The second kappa shape index (κ2) is 4.97. The van der Waals surface area contributed by atoms with Crippen LogP contribution in [0.25, 0.3) is 0 Å². The van der Waals surface area contributed by atoms with Crippen LogP contribution in [-0.2, 0) is 6.54 Å². The molecule has 0 bridgehead atoms. The van der Waals surface area contributed by atoms with Crippen LogP contribution >= 0.6 is 0 Å². The Morgan fingerprint density at radius 1 is 1.43 bits per heavy atom. The van der Waals surface area contributed by atoms with Crippen molar-refractivity contribution in [3.05, 3.63) is 47.5 Å². The zero-order chi connectivity index (χ0) is 10.6. The van der Waals surface area contributed by atoms with Crippen molar-refractivity contribution in [2.45, 2.75) is 33.4 Å². The molecule has 0 aromatic heterocycles. The van der Waals surface area contributed by atoms with Crippen LogP contribution in [0.5, 0.6) is 0 Å². The Morgan fingerprint density at radius 2 is 2.14 bits per heavy atom. The molecule has 0 fully saturated rings. The summed E-state index contributed by atoms with van der Waals surface area (Å²) in [5, 5.41) is 3.40. The summed E-state index contributed by atoms with van der Waals surface area (Å²) < 4.78 is 0. The van der Waals surface area contributed by atoms with Crippen molar-refractivity contribution < 1.29 is 0 Å². The number of nitrogens with one attached hydrogen (secondary N) is 1. The highest BCUT2D eigenvalue weighted by Gasteiger charge is 2.00.